The molecular weight excluding hydrogens is 483 g/mol. The van der Waals surface area contributed by atoms with E-state index < -0.39 is 5.97 Å². The van der Waals surface area contributed by atoms with Gasteiger partial charge in [-0.2, -0.15) is 0 Å². The molecule has 0 saturated carbocycles. The van der Waals surface area contributed by atoms with E-state index in [2.05, 4.69) is 5.32 Å². The van der Waals surface area contributed by atoms with E-state index in [1.54, 1.807) is 34.9 Å². The summed E-state index contributed by atoms with van der Waals surface area (Å²) < 4.78 is 18.4. The SMILES string of the molecule is COC(=O)c1c(-c2ccc(F)cc2)csc1NC(=O)c1cc(-c2ccc(C)s2)nc2ccccc12. The summed E-state index contributed by atoms with van der Waals surface area (Å²) in [5.41, 5.74) is 3.29. The van der Waals surface area contributed by atoms with Crippen molar-refractivity contribution >= 4 is 50.5 Å². The highest BCUT2D eigenvalue weighted by Gasteiger charge is 2.24. The molecule has 3 aromatic heterocycles. The van der Waals surface area contributed by atoms with Crippen molar-refractivity contribution in [2.75, 3.05) is 12.4 Å². The molecule has 0 aliphatic rings. The van der Waals surface area contributed by atoms with Crippen LogP contribution in [-0.2, 0) is 4.74 Å². The number of benzene rings is 2. The lowest BCUT2D eigenvalue weighted by Gasteiger charge is -2.11. The van der Waals surface area contributed by atoms with Crippen LogP contribution in [0.25, 0.3) is 32.6 Å². The van der Waals surface area contributed by atoms with Crippen molar-refractivity contribution in [1.29, 1.82) is 0 Å². The summed E-state index contributed by atoms with van der Waals surface area (Å²) in [7, 11) is 1.28. The predicted molar refractivity (Wildman–Crippen MR) is 139 cm³/mol. The smallest absolute Gasteiger partial charge is 0.341 e. The summed E-state index contributed by atoms with van der Waals surface area (Å²) in [5.74, 6) is -1.33. The van der Waals surface area contributed by atoms with E-state index in [0.29, 0.717) is 38.3 Å². The molecule has 5 nitrogen and oxygen atoms in total. The van der Waals surface area contributed by atoms with E-state index >= 15 is 0 Å². The topological polar surface area (TPSA) is 68.3 Å². The fraction of sp³-hybridized carbons (Fsp3) is 0.0741. The second-order valence-electron chi connectivity index (χ2n) is 7.79. The Bertz CT molecular complexity index is 1570. The number of carbonyl (C=O) groups excluding carboxylic acids is 2. The van der Waals surface area contributed by atoms with Gasteiger partial charge in [0.1, 0.15) is 16.4 Å². The third-order valence-electron chi connectivity index (χ3n) is 5.52. The fourth-order valence-corrected chi connectivity index (χ4v) is 5.61. The van der Waals surface area contributed by atoms with Gasteiger partial charge in [0.15, 0.2) is 0 Å². The van der Waals surface area contributed by atoms with Crippen LogP contribution in [0.1, 0.15) is 25.6 Å². The number of anilines is 1. The van der Waals surface area contributed by atoms with Crippen LogP contribution in [0, 0.1) is 12.7 Å². The molecule has 0 unspecified atom stereocenters. The highest BCUT2D eigenvalue weighted by atomic mass is 32.1. The molecule has 1 amide bonds. The Labute approximate surface area is 208 Å². The Morgan fingerprint density at radius 1 is 1.03 bits per heavy atom. The second kappa shape index (κ2) is 9.40. The molecule has 5 rings (SSSR count). The number of hydrogen-bond donors (Lipinski definition) is 1. The molecular formula is C27H19FN2O3S2. The molecule has 0 atom stereocenters. The van der Waals surface area contributed by atoms with E-state index in [1.165, 1.54) is 30.6 Å². The molecule has 0 spiro atoms. The Morgan fingerprint density at radius 3 is 2.51 bits per heavy atom. The Balaban J connectivity index is 1.58. The molecule has 0 aliphatic carbocycles. The zero-order valence-corrected chi connectivity index (χ0v) is 20.4. The number of methoxy groups -OCH3 is 1. The van der Waals surface area contributed by atoms with Gasteiger partial charge in [0.05, 0.1) is 28.8 Å². The Kier molecular flexibility index (Phi) is 6.15. The molecule has 5 aromatic rings. The zero-order valence-electron chi connectivity index (χ0n) is 18.8. The number of halogens is 1. The number of ether oxygens (including phenoxy) is 1. The molecule has 0 radical (unpaired) electrons. The normalized spacial score (nSPS) is 10.9. The quantitative estimate of drug-likeness (QED) is 0.259. The number of esters is 1. The van der Waals surface area contributed by atoms with Crippen LogP contribution in [0.5, 0.6) is 0 Å². The third-order valence-corrected chi connectivity index (χ3v) is 7.44. The summed E-state index contributed by atoms with van der Waals surface area (Å²) in [6.07, 6.45) is 0. The Hall–Kier alpha value is -3.88. The summed E-state index contributed by atoms with van der Waals surface area (Å²) in [4.78, 5) is 33.1. The van der Waals surface area contributed by atoms with E-state index in [-0.39, 0.29) is 17.3 Å². The molecule has 0 fully saturated rings. The molecule has 8 heteroatoms. The van der Waals surface area contributed by atoms with Crippen LogP contribution in [0.4, 0.5) is 9.39 Å². The molecule has 0 bridgehead atoms. The number of carbonyl (C=O) groups is 2. The first-order valence-electron chi connectivity index (χ1n) is 10.7. The maximum absolute atomic E-state index is 13.5. The van der Waals surface area contributed by atoms with Crippen molar-refractivity contribution in [2.45, 2.75) is 6.92 Å². The van der Waals surface area contributed by atoms with Crippen molar-refractivity contribution in [3.8, 4) is 21.7 Å². The number of nitrogens with one attached hydrogen (secondary N) is 1. The zero-order chi connectivity index (χ0) is 24.5. The molecule has 2 aromatic carbocycles. The van der Waals surface area contributed by atoms with Gasteiger partial charge >= 0.3 is 5.97 Å². The van der Waals surface area contributed by atoms with Crippen molar-refractivity contribution in [2.24, 2.45) is 0 Å². The van der Waals surface area contributed by atoms with Gasteiger partial charge in [-0.1, -0.05) is 30.3 Å². The van der Waals surface area contributed by atoms with Crippen LogP contribution < -0.4 is 5.32 Å². The van der Waals surface area contributed by atoms with Crippen LogP contribution in [0.3, 0.4) is 0 Å². The first kappa shape index (κ1) is 22.9. The monoisotopic (exact) mass is 502 g/mol. The maximum Gasteiger partial charge on any atom is 0.341 e. The van der Waals surface area contributed by atoms with Gasteiger partial charge in [-0.25, -0.2) is 14.2 Å². The number of fused-ring (bicyclic) bond motifs is 1. The average molecular weight is 503 g/mol. The van der Waals surface area contributed by atoms with Gasteiger partial charge in [0.25, 0.3) is 5.91 Å². The third kappa shape index (κ3) is 4.45. The van der Waals surface area contributed by atoms with Crippen molar-refractivity contribution in [1.82, 2.24) is 4.98 Å². The minimum absolute atomic E-state index is 0.227. The number of rotatable bonds is 5. The van der Waals surface area contributed by atoms with Gasteiger partial charge < -0.3 is 10.1 Å². The predicted octanol–water partition coefficient (Wildman–Crippen LogP) is 7.18. The van der Waals surface area contributed by atoms with Crippen LogP contribution in [0.2, 0.25) is 0 Å². The summed E-state index contributed by atoms with van der Waals surface area (Å²) in [6.45, 7) is 2.02. The van der Waals surface area contributed by atoms with Crippen LogP contribution in [0.15, 0.2) is 72.1 Å². The van der Waals surface area contributed by atoms with Crippen molar-refractivity contribution < 1.29 is 18.7 Å². The number of nitrogens with zero attached hydrogens (tertiary/aromatic N) is 1. The molecule has 1 N–H and O–H groups in total. The van der Waals surface area contributed by atoms with Crippen LogP contribution in [-0.4, -0.2) is 24.0 Å². The van der Waals surface area contributed by atoms with E-state index in [9.17, 15) is 14.0 Å². The van der Waals surface area contributed by atoms with Gasteiger partial charge in [-0.15, -0.1) is 22.7 Å². The first-order valence-corrected chi connectivity index (χ1v) is 12.4. The number of thiophene rings is 2. The minimum Gasteiger partial charge on any atom is -0.465 e. The lowest BCUT2D eigenvalue weighted by molar-refractivity contribution is 0.0603. The van der Waals surface area contributed by atoms with Gasteiger partial charge in [-0.05, 0) is 48.9 Å². The van der Waals surface area contributed by atoms with E-state index in [0.717, 1.165) is 9.75 Å². The minimum atomic E-state index is -0.588. The number of hydrogen-bond acceptors (Lipinski definition) is 6. The molecule has 3 heterocycles. The summed E-state index contributed by atoms with van der Waals surface area (Å²) >= 11 is 2.82. The molecule has 35 heavy (non-hydrogen) atoms. The van der Waals surface area contributed by atoms with Gasteiger partial charge in [0, 0.05) is 21.2 Å². The summed E-state index contributed by atoms with van der Waals surface area (Å²) in [6, 6.07) is 19.0. The highest BCUT2D eigenvalue weighted by Crippen LogP contribution is 2.37. The number of para-hydroxylation sites is 1. The highest BCUT2D eigenvalue weighted by molar-refractivity contribution is 7.15. The number of aromatic nitrogens is 1. The lowest BCUT2D eigenvalue weighted by atomic mass is 10.0. The van der Waals surface area contributed by atoms with Crippen LogP contribution >= 0.6 is 22.7 Å². The number of aryl methyl sites for hydroxylation is 1. The van der Waals surface area contributed by atoms with Crippen molar-refractivity contribution in [3.63, 3.8) is 0 Å². The van der Waals surface area contributed by atoms with E-state index in [1.807, 2.05) is 43.3 Å². The van der Waals surface area contributed by atoms with Crippen molar-refractivity contribution in [3.05, 3.63) is 93.9 Å². The molecule has 0 aliphatic heterocycles. The largest absolute Gasteiger partial charge is 0.465 e. The fourth-order valence-electron chi connectivity index (χ4n) is 3.83. The van der Waals surface area contributed by atoms with E-state index in [4.69, 9.17) is 9.72 Å². The summed E-state index contributed by atoms with van der Waals surface area (Å²) in [5, 5.41) is 5.71. The maximum atomic E-state index is 13.5. The second-order valence-corrected chi connectivity index (χ2v) is 9.96. The Morgan fingerprint density at radius 2 is 1.80 bits per heavy atom. The van der Waals surface area contributed by atoms with Gasteiger partial charge in [-0.3, -0.25) is 4.79 Å². The molecule has 174 valence electrons. The van der Waals surface area contributed by atoms with Gasteiger partial charge in [0.2, 0.25) is 0 Å². The lowest BCUT2D eigenvalue weighted by Crippen LogP contribution is -2.15. The number of amides is 1. The first-order chi connectivity index (χ1) is 16.9. The standard InChI is InChI=1S/C27H19FN2O3S2/c1-15-7-12-23(35-15)22-13-19(18-5-3-4-6-21(18)29-22)25(31)30-26-24(27(32)33-2)20(14-34-26)16-8-10-17(28)11-9-16/h3-14H,1-2H3,(H,30,31). The average Bonchev–Trinajstić information content (AvgIpc) is 3.49. The molecule has 0 saturated heterocycles. The number of pyridine rings is 1.